The molecule has 0 aromatic rings. The molecule has 1 heterocycles. The molecule has 0 aliphatic carbocycles. The summed E-state index contributed by atoms with van der Waals surface area (Å²) >= 11 is 0. The maximum absolute atomic E-state index is 6.02. The van der Waals surface area contributed by atoms with Gasteiger partial charge in [0.25, 0.3) is 0 Å². The van der Waals surface area contributed by atoms with Crippen LogP contribution in [0.15, 0.2) is 0 Å². The molecule has 1 N–H and O–H groups in total. The highest BCUT2D eigenvalue weighted by Crippen LogP contribution is 2.36. The Morgan fingerprint density at radius 3 is 2.38 bits per heavy atom. The van der Waals surface area contributed by atoms with Gasteiger partial charge < -0.3 is 14.8 Å². The van der Waals surface area contributed by atoms with Gasteiger partial charge in [0.1, 0.15) is 0 Å². The summed E-state index contributed by atoms with van der Waals surface area (Å²) in [5, 5.41) is 3.53. The van der Waals surface area contributed by atoms with E-state index in [9.17, 15) is 0 Å². The molecule has 1 aliphatic heterocycles. The first-order valence-electron chi connectivity index (χ1n) is 6.28. The third-order valence-corrected chi connectivity index (χ3v) is 3.02. The lowest BCUT2D eigenvalue weighted by atomic mass is 9.94. The largest absolute Gasteiger partial charge is 0.377 e. The van der Waals surface area contributed by atoms with Gasteiger partial charge in [-0.2, -0.15) is 0 Å². The summed E-state index contributed by atoms with van der Waals surface area (Å²) in [5.74, 6) is 0. The molecular formula is C13H27NO2. The Bertz CT molecular complexity index is 224. The summed E-state index contributed by atoms with van der Waals surface area (Å²) in [4.78, 5) is 0. The summed E-state index contributed by atoms with van der Waals surface area (Å²) in [6, 6.07) is 0.415. The normalized spacial score (nSPS) is 27.6. The Labute approximate surface area is 99.9 Å². The van der Waals surface area contributed by atoms with Crippen molar-refractivity contribution in [3.8, 4) is 0 Å². The highest BCUT2D eigenvalue weighted by Gasteiger charge is 2.45. The fourth-order valence-electron chi connectivity index (χ4n) is 2.41. The molecule has 0 aromatic carbocycles. The first-order chi connectivity index (χ1) is 7.23. The highest BCUT2D eigenvalue weighted by molar-refractivity contribution is 4.98. The Hall–Kier alpha value is -0.120. The molecule has 3 nitrogen and oxygen atoms in total. The van der Waals surface area contributed by atoms with Gasteiger partial charge in [-0.25, -0.2) is 0 Å². The predicted molar refractivity (Wildman–Crippen MR) is 66.7 cm³/mol. The van der Waals surface area contributed by atoms with Crippen molar-refractivity contribution in [2.75, 3.05) is 13.2 Å². The molecule has 0 bridgehead atoms. The van der Waals surface area contributed by atoms with E-state index in [1.54, 1.807) is 0 Å². The van der Waals surface area contributed by atoms with Crippen LogP contribution in [0.1, 0.15) is 48.0 Å². The minimum absolute atomic E-state index is 0.0138. The molecule has 0 spiro atoms. The average Bonchev–Trinajstić information content (AvgIpc) is 2.27. The van der Waals surface area contributed by atoms with Gasteiger partial charge in [-0.05, 0) is 48.0 Å². The van der Waals surface area contributed by atoms with E-state index >= 15 is 0 Å². The van der Waals surface area contributed by atoms with Crippen LogP contribution in [0.2, 0.25) is 0 Å². The summed E-state index contributed by atoms with van der Waals surface area (Å²) in [7, 11) is 0. The molecule has 0 aromatic heterocycles. The Morgan fingerprint density at radius 2 is 1.94 bits per heavy atom. The fraction of sp³-hybridized carbons (Fsp3) is 1.00. The number of ether oxygens (including phenoxy) is 2. The maximum atomic E-state index is 6.02. The standard InChI is InChI=1S/C13H27NO2/c1-10(2)15-8-7-14-11-9-12(3,4)16-13(11,5)6/h10-11,14H,7-9H2,1-6H3. The zero-order chi connectivity index (χ0) is 12.4. The summed E-state index contributed by atoms with van der Waals surface area (Å²) < 4.78 is 11.5. The first-order valence-corrected chi connectivity index (χ1v) is 6.28. The van der Waals surface area contributed by atoms with Gasteiger partial charge in [0.15, 0.2) is 0 Å². The van der Waals surface area contributed by atoms with Gasteiger partial charge in [0.05, 0.1) is 23.9 Å². The molecule has 16 heavy (non-hydrogen) atoms. The van der Waals surface area contributed by atoms with Crippen LogP contribution in [0.3, 0.4) is 0 Å². The van der Waals surface area contributed by atoms with Crippen LogP contribution >= 0.6 is 0 Å². The summed E-state index contributed by atoms with van der Waals surface area (Å²) in [6.07, 6.45) is 1.37. The van der Waals surface area contributed by atoms with Crippen molar-refractivity contribution in [3.63, 3.8) is 0 Å². The van der Waals surface area contributed by atoms with E-state index in [1.165, 1.54) is 0 Å². The molecule has 0 saturated carbocycles. The lowest BCUT2D eigenvalue weighted by molar-refractivity contribution is -0.0701. The average molecular weight is 229 g/mol. The van der Waals surface area contributed by atoms with Gasteiger partial charge in [-0.1, -0.05) is 0 Å². The van der Waals surface area contributed by atoms with Crippen LogP contribution in [0.4, 0.5) is 0 Å². The number of nitrogens with one attached hydrogen (secondary N) is 1. The minimum Gasteiger partial charge on any atom is -0.377 e. The monoisotopic (exact) mass is 229 g/mol. The smallest absolute Gasteiger partial charge is 0.0787 e. The third-order valence-electron chi connectivity index (χ3n) is 3.02. The molecule has 1 saturated heterocycles. The second-order valence-electron chi connectivity index (χ2n) is 6.10. The lowest BCUT2D eigenvalue weighted by Gasteiger charge is -2.28. The van der Waals surface area contributed by atoms with Crippen molar-refractivity contribution in [1.82, 2.24) is 5.32 Å². The Kier molecular flexibility index (Phi) is 4.38. The molecule has 1 atom stereocenters. The van der Waals surface area contributed by atoms with Gasteiger partial charge >= 0.3 is 0 Å². The van der Waals surface area contributed by atoms with Crippen molar-refractivity contribution in [1.29, 1.82) is 0 Å². The van der Waals surface area contributed by atoms with Crippen LogP contribution < -0.4 is 5.32 Å². The third kappa shape index (κ3) is 4.04. The number of hydrogen-bond donors (Lipinski definition) is 1. The van der Waals surface area contributed by atoms with Crippen LogP contribution in [0.5, 0.6) is 0 Å². The van der Waals surface area contributed by atoms with E-state index in [0.29, 0.717) is 12.1 Å². The second kappa shape index (κ2) is 5.03. The molecule has 1 rings (SSSR count). The van der Waals surface area contributed by atoms with Gasteiger partial charge in [-0.3, -0.25) is 0 Å². The number of rotatable bonds is 5. The highest BCUT2D eigenvalue weighted by atomic mass is 16.5. The lowest BCUT2D eigenvalue weighted by Crippen LogP contribution is -2.44. The first kappa shape index (κ1) is 13.9. The van der Waals surface area contributed by atoms with E-state index in [2.05, 4.69) is 46.9 Å². The van der Waals surface area contributed by atoms with E-state index in [0.717, 1.165) is 19.6 Å². The SMILES string of the molecule is CC(C)OCCNC1CC(C)(C)OC1(C)C. The van der Waals surface area contributed by atoms with E-state index in [4.69, 9.17) is 9.47 Å². The van der Waals surface area contributed by atoms with E-state index < -0.39 is 0 Å². The minimum atomic E-state index is -0.0820. The molecule has 1 fully saturated rings. The quantitative estimate of drug-likeness (QED) is 0.734. The van der Waals surface area contributed by atoms with Crippen molar-refractivity contribution in [2.24, 2.45) is 0 Å². The van der Waals surface area contributed by atoms with Crippen molar-refractivity contribution in [3.05, 3.63) is 0 Å². The maximum Gasteiger partial charge on any atom is 0.0787 e. The van der Waals surface area contributed by atoms with Crippen molar-refractivity contribution >= 4 is 0 Å². The topological polar surface area (TPSA) is 30.5 Å². The van der Waals surface area contributed by atoms with Gasteiger partial charge in [-0.15, -0.1) is 0 Å². The Morgan fingerprint density at radius 1 is 1.31 bits per heavy atom. The molecule has 0 radical (unpaired) electrons. The summed E-state index contributed by atoms with van der Waals surface area (Å²) in [5.41, 5.74) is -0.0958. The Balaban J connectivity index is 2.32. The van der Waals surface area contributed by atoms with Crippen LogP contribution in [0.25, 0.3) is 0 Å². The number of hydrogen-bond acceptors (Lipinski definition) is 3. The zero-order valence-electron chi connectivity index (χ0n) is 11.6. The van der Waals surface area contributed by atoms with Crippen LogP contribution in [0, 0.1) is 0 Å². The second-order valence-corrected chi connectivity index (χ2v) is 6.10. The summed E-state index contributed by atoms with van der Waals surface area (Å²) in [6.45, 7) is 14.4. The van der Waals surface area contributed by atoms with Gasteiger partial charge in [0, 0.05) is 12.6 Å². The molecule has 1 unspecified atom stereocenters. The molecule has 0 amide bonds. The van der Waals surface area contributed by atoms with Crippen molar-refractivity contribution in [2.45, 2.75) is 71.3 Å². The van der Waals surface area contributed by atoms with Crippen molar-refractivity contribution < 1.29 is 9.47 Å². The van der Waals surface area contributed by atoms with E-state index in [1.807, 2.05) is 0 Å². The predicted octanol–water partition coefficient (Wildman–Crippen LogP) is 2.35. The van der Waals surface area contributed by atoms with E-state index in [-0.39, 0.29) is 11.2 Å². The molecular weight excluding hydrogens is 202 g/mol. The molecule has 96 valence electrons. The zero-order valence-corrected chi connectivity index (χ0v) is 11.6. The van der Waals surface area contributed by atoms with Crippen LogP contribution in [-0.4, -0.2) is 36.5 Å². The molecule has 1 aliphatic rings. The fourth-order valence-corrected chi connectivity index (χ4v) is 2.41. The van der Waals surface area contributed by atoms with Gasteiger partial charge in [0.2, 0.25) is 0 Å². The van der Waals surface area contributed by atoms with Crippen LogP contribution in [-0.2, 0) is 9.47 Å². The molecule has 3 heteroatoms.